The molecule has 10 heteroatoms. The van der Waals surface area contributed by atoms with Gasteiger partial charge in [-0.25, -0.2) is 18.9 Å². The number of benzene rings is 1. The second-order valence-electron chi connectivity index (χ2n) is 7.85. The molecule has 5 rings (SSSR count). The SMILES string of the molecule is CC1=CC(c2c(-c3ccccc3)nc(N)n3c(=O)n(Cc4cccnn4)nc23)=CC(C)[N+]1=O. The first-order valence-electron chi connectivity index (χ1n) is 10.4. The summed E-state index contributed by atoms with van der Waals surface area (Å²) in [5.74, 6) is 0.0265. The predicted molar refractivity (Wildman–Crippen MR) is 123 cm³/mol. The molecule has 3 aromatic heterocycles. The lowest BCUT2D eigenvalue weighted by Gasteiger charge is -2.15. The molecule has 2 N–H and O–H groups in total. The number of allylic oxidation sites excluding steroid dienone is 3. The Morgan fingerprint density at radius 2 is 1.94 bits per heavy atom. The van der Waals surface area contributed by atoms with Crippen molar-refractivity contribution >= 4 is 17.2 Å². The molecule has 0 fully saturated rings. The molecule has 0 aliphatic carbocycles. The van der Waals surface area contributed by atoms with Crippen LogP contribution < -0.4 is 11.4 Å². The van der Waals surface area contributed by atoms with Crippen LogP contribution >= 0.6 is 0 Å². The number of nitroso groups, excluding NO2 is 1. The van der Waals surface area contributed by atoms with Crippen LogP contribution in [0.3, 0.4) is 0 Å². The van der Waals surface area contributed by atoms with Gasteiger partial charge in [0.05, 0.1) is 23.5 Å². The van der Waals surface area contributed by atoms with Gasteiger partial charge in [-0.1, -0.05) is 30.3 Å². The van der Waals surface area contributed by atoms with Crippen LogP contribution in [0.25, 0.3) is 22.5 Å². The number of hydrogen-bond donors (Lipinski definition) is 1. The molecule has 0 saturated heterocycles. The highest BCUT2D eigenvalue weighted by Gasteiger charge is 2.30. The maximum Gasteiger partial charge on any atom is 0.353 e. The molecule has 1 unspecified atom stereocenters. The van der Waals surface area contributed by atoms with Crippen molar-refractivity contribution in [1.82, 2.24) is 29.4 Å². The van der Waals surface area contributed by atoms with E-state index in [4.69, 9.17) is 5.73 Å². The zero-order valence-electron chi connectivity index (χ0n) is 18.1. The van der Waals surface area contributed by atoms with Crippen molar-refractivity contribution < 1.29 is 4.76 Å². The zero-order valence-corrected chi connectivity index (χ0v) is 18.1. The number of fused-ring (bicyclic) bond motifs is 1. The van der Waals surface area contributed by atoms with Crippen LogP contribution in [0.1, 0.15) is 25.1 Å². The van der Waals surface area contributed by atoms with Crippen LogP contribution in [0.2, 0.25) is 0 Å². The van der Waals surface area contributed by atoms with E-state index < -0.39 is 5.69 Å². The molecule has 0 amide bonds. The number of nitrogens with zero attached hydrogens (tertiary/aromatic N) is 7. The van der Waals surface area contributed by atoms with E-state index in [9.17, 15) is 9.70 Å². The summed E-state index contributed by atoms with van der Waals surface area (Å²) in [5.41, 5.74) is 10.1. The number of anilines is 1. The van der Waals surface area contributed by atoms with Crippen LogP contribution in [0.4, 0.5) is 5.95 Å². The van der Waals surface area contributed by atoms with Crippen molar-refractivity contribution in [3.05, 3.63) is 93.2 Å². The van der Waals surface area contributed by atoms with Gasteiger partial charge in [0.25, 0.3) is 0 Å². The standard InChI is InChI=1S/C23H21N8O2/c1-14-11-17(12-15(2)31(14)33)19-20(16-7-4-3-5-8-16)26-22(24)30-21(19)28-29(23(30)32)13-18-9-6-10-25-27-18/h3-12,14H,13H2,1-2H3,(H2,24,26)/q+1. The van der Waals surface area contributed by atoms with Crippen LogP contribution in [0.15, 0.2) is 71.3 Å². The second kappa shape index (κ2) is 7.90. The summed E-state index contributed by atoms with van der Waals surface area (Å²) >= 11 is 0. The Morgan fingerprint density at radius 3 is 2.64 bits per heavy atom. The van der Waals surface area contributed by atoms with E-state index in [1.165, 1.54) is 9.08 Å². The molecular weight excluding hydrogens is 420 g/mol. The third-order valence-corrected chi connectivity index (χ3v) is 5.53. The molecule has 0 bridgehead atoms. The first kappa shape index (κ1) is 20.4. The van der Waals surface area contributed by atoms with Gasteiger partial charge in [-0.05, 0) is 23.8 Å². The molecule has 1 aliphatic rings. The van der Waals surface area contributed by atoms with E-state index in [1.807, 2.05) is 43.3 Å². The molecule has 0 radical (unpaired) electrons. The summed E-state index contributed by atoms with van der Waals surface area (Å²) < 4.78 is 3.52. The topological polar surface area (TPSA) is 124 Å². The van der Waals surface area contributed by atoms with Crippen molar-refractivity contribution in [2.75, 3.05) is 5.73 Å². The third kappa shape index (κ3) is 3.51. The summed E-state index contributed by atoms with van der Waals surface area (Å²) in [6.07, 6.45) is 5.18. The Morgan fingerprint density at radius 1 is 1.15 bits per heavy atom. The van der Waals surface area contributed by atoms with Crippen LogP contribution in [-0.2, 0) is 6.54 Å². The number of rotatable bonds is 4. The monoisotopic (exact) mass is 441 g/mol. The second-order valence-corrected chi connectivity index (χ2v) is 7.85. The minimum atomic E-state index is -0.433. The fourth-order valence-corrected chi connectivity index (χ4v) is 3.99. The fraction of sp³-hybridized carbons (Fsp3) is 0.174. The van der Waals surface area contributed by atoms with E-state index in [-0.39, 0.29) is 18.5 Å². The number of nitrogen functional groups attached to an aromatic ring is 1. The first-order chi connectivity index (χ1) is 15.9. The minimum Gasteiger partial charge on any atom is -0.369 e. The van der Waals surface area contributed by atoms with Gasteiger partial charge in [0, 0.05) is 41.4 Å². The number of hydrogen-bond acceptors (Lipinski definition) is 7. The lowest BCUT2D eigenvalue weighted by atomic mass is 9.95. The Hall–Kier alpha value is -4.47. The first-order valence-corrected chi connectivity index (χ1v) is 10.4. The van der Waals surface area contributed by atoms with Gasteiger partial charge < -0.3 is 5.73 Å². The summed E-state index contributed by atoms with van der Waals surface area (Å²) in [6.45, 7) is 3.69. The van der Waals surface area contributed by atoms with Crippen molar-refractivity contribution in [2.24, 2.45) is 0 Å². The van der Waals surface area contributed by atoms with Gasteiger partial charge >= 0.3 is 5.69 Å². The summed E-state index contributed by atoms with van der Waals surface area (Å²) in [5, 5.41) is 12.5. The smallest absolute Gasteiger partial charge is 0.353 e. The molecule has 33 heavy (non-hydrogen) atoms. The van der Waals surface area contributed by atoms with Gasteiger partial charge in [-0.2, -0.15) is 10.2 Å². The van der Waals surface area contributed by atoms with Crippen molar-refractivity contribution in [3.8, 4) is 11.3 Å². The van der Waals surface area contributed by atoms with E-state index in [0.717, 1.165) is 15.9 Å². The average molecular weight is 441 g/mol. The van der Waals surface area contributed by atoms with Gasteiger partial charge in [0.15, 0.2) is 5.65 Å². The Labute approximate surface area is 188 Å². The van der Waals surface area contributed by atoms with Crippen LogP contribution in [0.5, 0.6) is 0 Å². The van der Waals surface area contributed by atoms with Gasteiger partial charge in [-0.3, -0.25) is 0 Å². The van der Waals surface area contributed by atoms with Gasteiger partial charge in [0.1, 0.15) is 0 Å². The maximum atomic E-state index is 13.2. The fourth-order valence-electron chi connectivity index (χ4n) is 3.99. The lowest BCUT2D eigenvalue weighted by Crippen LogP contribution is -2.24. The predicted octanol–water partition coefficient (Wildman–Crippen LogP) is 2.45. The molecule has 1 atom stereocenters. The molecule has 4 heterocycles. The third-order valence-electron chi connectivity index (χ3n) is 5.53. The zero-order chi connectivity index (χ0) is 23.1. The molecule has 164 valence electrons. The molecule has 0 spiro atoms. The molecule has 4 aromatic rings. The van der Waals surface area contributed by atoms with E-state index in [2.05, 4.69) is 20.3 Å². The molecule has 1 aromatic carbocycles. The van der Waals surface area contributed by atoms with Gasteiger partial charge in [-0.15, -0.1) is 5.10 Å². The normalized spacial score (nSPS) is 16.1. The highest BCUT2D eigenvalue weighted by molar-refractivity contribution is 5.91. The quantitative estimate of drug-likeness (QED) is 0.482. The van der Waals surface area contributed by atoms with E-state index in [0.29, 0.717) is 28.3 Å². The molecule has 1 aliphatic heterocycles. The number of aromatic nitrogens is 6. The lowest BCUT2D eigenvalue weighted by molar-refractivity contribution is -0.523. The van der Waals surface area contributed by atoms with Crippen molar-refractivity contribution in [3.63, 3.8) is 0 Å². The van der Waals surface area contributed by atoms with Crippen LogP contribution in [0, 0.1) is 4.91 Å². The highest BCUT2D eigenvalue weighted by Crippen LogP contribution is 2.34. The molecule has 0 saturated carbocycles. The van der Waals surface area contributed by atoms with Crippen molar-refractivity contribution in [2.45, 2.75) is 26.4 Å². The molecule has 10 nitrogen and oxygen atoms in total. The molecular formula is C23H21N8O2+. The average Bonchev–Trinajstić information content (AvgIpc) is 3.14. The Balaban J connectivity index is 1.81. The Kier molecular flexibility index (Phi) is 4.89. The highest BCUT2D eigenvalue weighted by atomic mass is 16.3. The summed E-state index contributed by atoms with van der Waals surface area (Å²) in [7, 11) is 0. The minimum absolute atomic E-state index is 0.0265. The van der Waals surface area contributed by atoms with Crippen molar-refractivity contribution in [1.29, 1.82) is 0 Å². The number of nitrogens with two attached hydrogens (primary N) is 1. The van der Waals surface area contributed by atoms with Gasteiger partial charge in [0.2, 0.25) is 17.7 Å². The summed E-state index contributed by atoms with van der Waals surface area (Å²) in [6, 6.07) is 12.7. The Bertz CT molecular complexity index is 1500. The summed E-state index contributed by atoms with van der Waals surface area (Å²) in [4.78, 5) is 30.1. The van der Waals surface area contributed by atoms with E-state index in [1.54, 1.807) is 31.3 Å². The van der Waals surface area contributed by atoms with Crippen LogP contribution in [-0.4, -0.2) is 40.2 Å². The largest absolute Gasteiger partial charge is 0.369 e. The maximum absolute atomic E-state index is 13.2. The van der Waals surface area contributed by atoms with E-state index >= 15 is 0 Å².